The fourth-order valence-electron chi connectivity index (χ4n) is 2.04. The molecular formula is C17H24N4S2. The van der Waals surface area contributed by atoms with Crippen molar-refractivity contribution < 1.29 is 0 Å². The number of nitrogens with one attached hydrogen (secondary N) is 2. The van der Waals surface area contributed by atoms with E-state index in [1.165, 1.54) is 4.90 Å². The van der Waals surface area contributed by atoms with E-state index in [9.17, 15) is 0 Å². The Kier molecular flexibility index (Phi) is 7.97. The van der Waals surface area contributed by atoms with Gasteiger partial charge >= 0.3 is 0 Å². The summed E-state index contributed by atoms with van der Waals surface area (Å²) >= 11 is 3.59. The Morgan fingerprint density at radius 3 is 2.70 bits per heavy atom. The second kappa shape index (κ2) is 10.3. The zero-order valence-corrected chi connectivity index (χ0v) is 15.3. The number of thioether (sulfide) groups is 1. The number of guanidine groups is 1. The SMILES string of the molecule is CN=C(NCCCSc1ccccc1)NCCc1csc(C)n1. The summed E-state index contributed by atoms with van der Waals surface area (Å²) in [5.74, 6) is 1.97. The van der Waals surface area contributed by atoms with Gasteiger partial charge in [0.1, 0.15) is 0 Å². The Labute approximate surface area is 146 Å². The Morgan fingerprint density at radius 1 is 1.22 bits per heavy atom. The van der Waals surface area contributed by atoms with E-state index in [-0.39, 0.29) is 0 Å². The van der Waals surface area contributed by atoms with Crippen molar-refractivity contribution >= 4 is 29.1 Å². The summed E-state index contributed by atoms with van der Waals surface area (Å²) in [6, 6.07) is 10.5. The normalized spacial score (nSPS) is 11.5. The molecular weight excluding hydrogens is 324 g/mol. The van der Waals surface area contributed by atoms with E-state index in [0.29, 0.717) is 0 Å². The molecule has 23 heavy (non-hydrogen) atoms. The van der Waals surface area contributed by atoms with Crippen LogP contribution in [0.15, 0.2) is 45.6 Å². The van der Waals surface area contributed by atoms with Crippen LogP contribution in [0.5, 0.6) is 0 Å². The van der Waals surface area contributed by atoms with Gasteiger partial charge in [-0.25, -0.2) is 4.98 Å². The molecule has 0 atom stereocenters. The van der Waals surface area contributed by atoms with E-state index in [1.807, 2.05) is 24.8 Å². The van der Waals surface area contributed by atoms with Crippen LogP contribution >= 0.6 is 23.1 Å². The van der Waals surface area contributed by atoms with Gasteiger partial charge in [0.05, 0.1) is 10.7 Å². The molecule has 4 nitrogen and oxygen atoms in total. The number of aryl methyl sites for hydroxylation is 1. The lowest BCUT2D eigenvalue weighted by Crippen LogP contribution is -2.38. The molecule has 6 heteroatoms. The highest BCUT2D eigenvalue weighted by Crippen LogP contribution is 2.17. The molecule has 0 saturated heterocycles. The lowest BCUT2D eigenvalue weighted by molar-refractivity contribution is 0.771. The first-order chi connectivity index (χ1) is 11.3. The van der Waals surface area contributed by atoms with Gasteiger partial charge in [-0.05, 0) is 31.2 Å². The molecule has 0 spiro atoms. The number of nitrogens with zero attached hydrogens (tertiary/aromatic N) is 2. The molecule has 1 heterocycles. The minimum atomic E-state index is 0.849. The molecule has 0 radical (unpaired) electrons. The number of hydrogen-bond donors (Lipinski definition) is 2. The van der Waals surface area contributed by atoms with Crippen molar-refractivity contribution in [2.45, 2.75) is 24.7 Å². The summed E-state index contributed by atoms with van der Waals surface area (Å²) in [7, 11) is 1.81. The summed E-state index contributed by atoms with van der Waals surface area (Å²) in [5, 5.41) is 9.93. The number of rotatable bonds is 8. The second-order valence-electron chi connectivity index (χ2n) is 5.05. The quantitative estimate of drug-likeness (QED) is 0.332. The van der Waals surface area contributed by atoms with Crippen molar-refractivity contribution in [3.8, 4) is 0 Å². The molecule has 0 aliphatic heterocycles. The summed E-state index contributed by atoms with van der Waals surface area (Å²) in [4.78, 5) is 10.0. The molecule has 124 valence electrons. The van der Waals surface area contributed by atoms with E-state index in [2.05, 4.69) is 50.3 Å². The van der Waals surface area contributed by atoms with E-state index in [4.69, 9.17) is 0 Å². The van der Waals surface area contributed by atoms with Crippen LogP contribution in [0.1, 0.15) is 17.1 Å². The summed E-state index contributed by atoms with van der Waals surface area (Å²) in [5.41, 5.74) is 1.15. The first-order valence-corrected chi connectivity index (χ1v) is 9.68. The van der Waals surface area contributed by atoms with E-state index >= 15 is 0 Å². The topological polar surface area (TPSA) is 49.3 Å². The van der Waals surface area contributed by atoms with Gasteiger partial charge in [-0.15, -0.1) is 23.1 Å². The molecule has 0 unspecified atom stereocenters. The molecule has 0 saturated carbocycles. The fraction of sp³-hybridized carbons (Fsp3) is 0.412. The van der Waals surface area contributed by atoms with Crippen LogP contribution in [0.4, 0.5) is 0 Å². The predicted octanol–water partition coefficient (Wildman–Crippen LogP) is 3.34. The number of thiazole rings is 1. The zero-order valence-electron chi connectivity index (χ0n) is 13.7. The average molecular weight is 349 g/mol. The number of aliphatic imine (C=N–C) groups is 1. The Balaban J connectivity index is 1.56. The van der Waals surface area contributed by atoms with Gasteiger partial charge in [-0.2, -0.15) is 0 Å². The number of benzene rings is 1. The third kappa shape index (κ3) is 7.05. The van der Waals surface area contributed by atoms with Crippen LogP contribution < -0.4 is 10.6 Å². The molecule has 2 rings (SSSR count). The largest absolute Gasteiger partial charge is 0.356 e. The van der Waals surface area contributed by atoms with Crippen molar-refractivity contribution in [1.29, 1.82) is 0 Å². The molecule has 1 aromatic heterocycles. The van der Waals surface area contributed by atoms with Crippen molar-refractivity contribution in [1.82, 2.24) is 15.6 Å². The molecule has 1 aromatic carbocycles. The fourth-order valence-corrected chi connectivity index (χ4v) is 3.56. The highest BCUT2D eigenvalue weighted by molar-refractivity contribution is 7.99. The Bertz CT molecular complexity index is 596. The van der Waals surface area contributed by atoms with Gasteiger partial charge in [0.25, 0.3) is 0 Å². The predicted molar refractivity (Wildman–Crippen MR) is 102 cm³/mol. The molecule has 2 aromatic rings. The molecule has 0 fully saturated rings. The van der Waals surface area contributed by atoms with Crippen molar-refractivity contribution in [3.63, 3.8) is 0 Å². The standard InChI is InChI=1S/C17H24N4S2/c1-14-21-15(13-23-14)9-11-20-17(18-2)19-10-6-12-22-16-7-4-3-5-8-16/h3-5,7-8,13H,6,9-12H2,1-2H3,(H2,18,19,20). The first-order valence-electron chi connectivity index (χ1n) is 7.81. The number of hydrogen-bond acceptors (Lipinski definition) is 4. The van der Waals surface area contributed by atoms with Crippen LogP contribution in [-0.2, 0) is 6.42 Å². The smallest absolute Gasteiger partial charge is 0.190 e. The lowest BCUT2D eigenvalue weighted by atomic mass is 10.3. The van der Waals surface area contributed by atoms with Crippen molar-refractivity contribution in [2.24, 2.45) is 4.99 Å². The van der Waals surface area contributed by atoms with Gasteiger partial charge in [0.15, 0.2) is 5.96 Å². The maximum absolute atomic E-state index is 4.46. The molecule has 0 bridgehead atoms. The van der Waals surface area contributed by atoms with Gasteiger partial charge in [0.2, 0.25) is 0 Å². The molecule has 0 aliphatic carbocycles. The molecule has 0 aliphatic rings. The monoisotopic (exact) mass is 348 g/mol. The zero-order chi connectivity index (χ0) is 16.3. The third-order valence-corrected chi connectivity index (χ3v) is 5.11. The van der Waals surface area contributed by atoms with Gasteiger partial charge < -0.3 is 10.6 Å². The minimum absolute atomic E-state index is 0.849. The Hall–Kier alpha value is -1.53. The highest BCUT2D eigenvalue weighted by Gasteiger charge is 2.00. The van der Waals surface area contributed by atoms with Crippen LogP contribution in [0.3, 0.4) is 0 Å². The highest BCUT2D eigenvalue weighted by atomic mass is 32.2. The molecule has 0 amide bonds. The van der Waals surface area contributed by atoms with Crippen LogP contribution in [0, 0.1) is 6.92 Å². The third-order valence-electron chi connectivity index (χ3n) is 3.19. The maximum Gasteiger partial charge on any atom is 0.190 e. The van der Waals surface area contributed by atoms with Gasteiger partial charge in [0, 0.05) is 36.8 Å². The summed E-state index contributed by atoms with van der Waals surface area (Å²) < 4.78 is 0. The molecule has 2 N–H and O–H groups in total. The first kappa shape index (κ1) is 17.8. The van der Waals surface area contributed by atoms with E-state index < -0.39 is 0 Å². The summed E-state index contributed by atoms with van der Waals surface area (Å²) in [6.45, 7) is 3.81. The van der Waals surface area contributed by atoms with E-state index in [1.54, 1.807) is 18.4 Å². The van der Waals surface area contributed by atoms with Crippen LogP contribution in [0.25, 0.3) is 0 Å². The minimum Gasteiger partial charge on any atom is -0.356 e. The Morgan fingerprint density at radius 2 is 2.00 bits per heavy atom. The number of aromatic nitrogens is 1. The van der Waals surface area contributed by atoms with Crippen molar-refractivity contribution in [3.05, 3.63) is 46.4 Å². The van der Waals surface area contributed by atoms with Crippen LogP contribution in [0.2, 0.25) is 0 Å². The van der Waals surface area contributed by atoms with Crippen LogP contribution in [-0.4, -0.2) is 36.8 Å². The lowest BCUT2D eigenvalue weighted by Gasteiger charge is -2.11. The van der Waals surface area contributed by atoms with Gasteiger partial charge in [-0.3, -0.25) is 4.99 Å². The average Bonchev–Trinajstić information content (AvgIpc) is 2.99. The van der Waals surface area contributed by atoms with Crippen molar-refractivity contribution in [2.75, 3.05) is 25.9 Å². The summed E-state index contributed by atoms with van der Waals surface area (Å²) in [6.07, 6.45) is 2.03. The van der Waals surface area contributed by atoms with Gasteiger partial charge in [-0.1, -0.05) is 18.2 Å². The van der Waals surface area contributed by atoms with E-state index in [0.717, 1.165) is 48.3 Å². The second-order valence-corrected chi connectivity index (χ2v) is 7.28. The maximum atomic E-state index is 4.46.